The number of rotatable bonds is 8. The number of amides is 1. The van der Waals surface area contributed by atoms with Gasteiger partial charge in [-0.15, -0.1) is 0 Å². The Balaban J connectivity index is 1.77. The number of hydrogen-bond acceptors (Lipinski definition) is 8. The van der Waals surface area contributed by atoms with Crippen molar-refractivity contribution in [1.29, 1.82) is 0 Å². The van der Waals surface area contributed by atoms with Crippen molar-refractivity contribution in [2.75, 3.05) is 23.8 Å². The molecule has 1 amide bonds. The van der Waals surface area contributed by atoms with Crippen LogP contribution in [-0.4, -0.2) is 43.0 Å². The Bertz CT molecular complexity index is 1520. The standard InChI is InChI=1S/C29H36FN5O4S/c1-17(2)16-39-22-12-20(11-21(30)13-22)24-8-7-23(27(32-24)35-15-19(4)14-29(35,5)6)28(36)34-40(37,38)26-10-18(3)9-25(31)33-26/h7-13,17,19H,14-16H2,1-6H3,(H2,31,33)(H,34,36)/t19-/m0/s1. The Labute approximate surface area is 235 Å². The summed E-state index contributed by atoms with van der Waals surface area (Å²) in [5.41, 5.74) is 6.93. The summed E-state index contributed by atoms with van der Waals surface area (Å²) in [6.45, 7) is 12.9. The molecule has 2 aromatic heterocycles. The van der Waals surface area contributed by atoms with Crippen LogP contribution in [0.3, 0.4) is 0 Å². The number of benzene rings is 1. The zero-order valence-electron chi connectivity index (χ0n) is 23.7. The lowest BCUT2D eigenvalue weighted by Gasteiger charge is -2.34. The van der Waals surface area contributed by atoms with Gasteiger partial charge in [0.25, 0.3) is 15.9 Å². The molecule has 1 aliphatic rings. The van der Waals surface area contributed by atoms with Gasteiger partial charge in [0.1, 0.15) is 23.2 Å². The molecule has 9 nitrogen and oxygen atoms in total. The minimum atomic E-state index is -4.32. The number of nitrogens with one attached hydrogen (secondary N) is 1. The van der Waals surface area contributed by atoms with E-state index < -0.39 is 21.7 Å². The second-order valence-corrected chi connectivity index (χ2v) is 13.2. The molecule has 3 heterocycles. The topological polar surface area (TPSA) is 128 Å². The van der Waals surface area contributed by atoms with E-state index in [0.29, 0.717) is 47.5 Å². The average Bonchev–Trinajstić information content (AvgIpc) is 3.12. The second kappa shape index (κ2) is 11.0. The van der Waals surface area contributed by atoms with Gasteiger partial charge in [0, 0.05) is 23.7 Å². The van der Waals surface area contributed by atoms with Gasteiger partial charge in [-0.1, -0.05) is 20.8 Å². The van der Waals surface area contributed by atoms with Crippen LogP contribution in [0.4, 0.5) is 16.0 Å². The fourth-order valence-corrected chi connectivity index (χ4v) is 6.06. The SMILES string of the molecule is Cc1cc(N)nc(S(=O)(=O)NC(=O)c2ccc(-c3cc(F)cc(OCC(C)C)c3)nc2N2C[C@@H](C)CC2(C)C)c1. The van der Waals surface area contributed by atoms with Crippen LogP contribution < -0.4 is 20.1 Å². The van der Waals surface area contributed by atoms with E-state index in [1.807, 2.05) is 32.6 Å². The monoisotopic (exact) mass is 569 g/mol. The van der Waals surface area contributed by atoms with Crippen molar-refractivity contribution in [2.45, 2.75) is 58.5 Å². The fourth-order valence-electron chi connectivity index (χ4n) is 5.04. The molecule has 0 bridgehead atoms. The summed E-state index contributed by atoms with van der Waals surface area (Å²) in [5.74, 6) is -0.0514. The molecule has 1 saturated heterocycles. The highest BCUT2D eigenvalue weighted by Gasteiger charge is 2.39. The molecule has 0 radical (unpaired) electrons. The van der Waals surface area contributed by atoms with Gasteiger partial charge in [-0.05, 0) is 81.0 Å². The molecule has 3 N–H and O–H groups in total. The van der Waals surface area contributed by atoms with E-state index in [1.54, 1.807) is 19.1 Å². The molecule has 1 fully saturated rings. The van der Waals surface area contributed by atoms with E-state index in [2.05, 4.69) is 16.6 Å². The minimum Gasteiger partial charge on any atom is -0.493 e. The fraction of sp³-hybridized carbons (Fsp3) is 0.414. The number of hydrogen-bond donors (Lipinski definition) is 2. The van der Waals surface area contributed by atoms with Crippen molar-refractivity contribution in [1.82, 2.24) is 14.7 Å². The maximum absolute atomic E-state index is 14.6. The maximum atomic E-state index is 14.6. The molecule has 40 heavy (non-hydrogen) atoms. The molecular weight excluding hydrogens is 533 g/mol. The predicted octanol–water partition coefficient (Wildman–Crippen LogP) is 4.95. The van der Waals surface area contributed by atoms with Gasteiger partial charge >= 0.3 is 0 Å². The Kier molecular flexibility index (Phi) is 8.07. The van der Waals surface area contributed by atoms with Gasteiger partial charge in [0.2, 0.25) is 0 Å². The molecule has 1 aromatic carbocycles. The van der Waals surface area contributed by atoms with Crippen molar-refractivity contribution in [3.05, 3.63) is 59.4 Å². The quantitative estimate of drug-likeness (QED) is 0.390. The second-order valence-electron chi connectivity index (χ2n) is 11.5. The minimum absolute atomic E-state index is 0.0270. The van der Waals surface area contributed by atoms with E-state index in [4.69, 9.17) is 15.5 Å². The molecule has 0 aliphatic carbocycles. The summed E-state index contributed by atoms with van der Waals surface area (Å²) in [7, 11) is -4.32. The van der Waals surface area contributed by atoms with Gasteiger partial charge in [0.05, 0.1) is 17.9 Å². The van der Waals surface area contributed by atoms with E-state index in [0.717, 1.165) is 6.42 Å². The number of carbonyl (C=O) groups is 1. The number of nitrogen functional groups attached to an aromatic ring is 1. The third-order valence-corrected chi connectivity index (χ3v) is 7.88. The smallest absolute Gasteiger partial charge is 0.281 e. The van der Waals surface area contributed by atoms with Crippen LogP contribution >= 0.6 is 0 Å². The number of sulfonamides is 1. The van der Waals surface area contributed by atoms with Gasteiger partial charge < -0.3 is 15.4 Å². The van der Waals surface area contributed by atoms with Gasteiger partial charge in [-0.25, -0.2) is 19.1 Å². The first kappa shape index (κ1) is 29.3. The van der Waals surface area contributed by atoms with Gasteiger partial charge in [-0.3, -0.25) is 4.79 Å². The Hall–Kier alpha value is -3.73. The summed E-state index contributed by atoms with van der Waals surface area (Å²) < 4.78 is 48.6. The lowest BCUT2D eigenvalue weighted by Crippen LogP contribution is -2.41. The van der Waals surface area contributed by atoms with Gasteiger partial charge in [-0.2, -0.15) is 8.42 Å². The summed E-state index contributed by atoms with van der Waals surface area (Å²) in [5, 5.41) is -0.353. The summed E-state index contributed by atoms with van der Waals surface area (Å²) in [6.07, 6.45) is 0.845. The zero-order chi connectivity index (χ0) is 29.4. The lowest BCUT2D eigenvalue weighted by molar-refractivity contribution is 0.0981. The van der Waals surface area contributed by atoms with Crippen molar-refractivity contribution in [3.63, 3.8) is 0 Å². The van der Waals surface area contributed by atoms with E-state index in [-0.39, 0.29) is 27.9 Å². The maximum Gasteiger partial charge on any atom is 0.281 e. The van der Waals surface area contributed by atoms with Crippen molar-refractivity contribution in [2.24, 2.45) is 11.8 Å². The first-order chi connectivity index (χ1) is 18.6. The largest absolute Gasteiger partial charge is 0.493 e. The van der Waals surface area contributed by atoms with Crippen LogP contribution in [-0.2, 0) is 10.0 Å². The van der Waals surface area contributed by atoms with Crippen LogP contribution in [0.2, 0.25) is 0 Å². The number of carbonyl (C=O) groups excluding carboxylic acids is 1. The van der Waals surface area contributed by atoms with E-state index in [1.165, 1.54) is 30.3 Å². The Morgan fingerprint density at radius 3 is 2.55 bits per heavy atom. The number of pyridine rings is 2. The number of anilines is 2. The summed E-state index contributed by atoms with van der Waals surface area (Å²) in [4.78, 5) is 24.2. The first-order valence-electron chi connectivity index (χ1n) is 13.2. The van der Waals surface area contributed by atoms with Crippen molar-refractivity contribution < 1.29 is 22.3 Å². The van der Waals surface area contributed by atoms with Crippen LogP contribution in [0.25, 0.3) is 11.3 Å². The van der Waals surface area contributed by atoms with Crippen molar-refractivity contribution in [3.8, 4) is 17.0 Å². The Morgan fingerprint density at radius 1 is 1.20 bits per heavy atom. The van der Waals surface area contributed by atoms with E-state index in [9.17, 15) is 17.6 Å². The number of ether oxygens (including phenoxy) is 1. The first-order valence-corrected chi connectivity index (χ1v) is 14.7. The molecule has 3 aromatic rings. The molecule has 0 saturated carbocycles. The molecule has 11 heteroatoms. The number of nitrogens with two attached hydrogens (primary N) is 1. The molecule has 1 aliphatic heterocycles. The average molecular weight is 570 g/mol. The summed E-state index contributed by atoms with van der Waals surface area (Å²) >= 11 is 0. The predicted molar refractivity (Wildman–Crippen MR) is 153 cm³/mol. The lowest BCUT2D eigenvalue weighted by atomic mass is 9.97. The van der Waals surface area contributed by atoms with Crippen LogP contribution in [0.1, 0.15) is 57.0 Å². The molecular formula is C29H36FN5O4S. The molecule has 4 rings (SSSR count). The van der Waals surface area contributed by atoms with Crippen LogP contribution in [0, 0.1) is 24.6 Å². The number of nitrogens with zero attached hydrogens (tertiary/aromatic N) is 3. The highest BCUT2D eigenvalue weighted by molar-refractivity contribution is 7.90. The number of halogens is 1. The number of aryl methyl sites for hydroxylation is 1. The zero-order valence-corrected chi connectivity index (χ0v) is 24.5. The molecule has 0 spiro atoms. The van der Waals surface area contributed by atoms with Crippen molar-refractivity contribution >= 4 is 27.6 Å². The molecule has 1 atom stereocenters. The highest BCUT2D eigenvalue weighted by atomic mass is 32.2. The summed E-state index contributed by atoms with van der Waals surface area (Å²) in [6, 6.07) is 10.3. The third kappa shape index (κ3) is 6.52. The molecule has 0 unspecified atom stereocenters. The van der Waals surface area contributed by atoms with Crippen LogP contribution in [0.5, 0.6) is 5.75 Å². The number of aromatic nitrogens is 2. The Morgan fingerprint density at radius 2 is 1.93 bits per heavy atom. The van der Waals surface area contributed by atoms with E-state index >= 15 is 0 Å². The van der Waals surface area contributed by atoms with Gasteiger partial charge in [0.15, 0.2) is 5.03 Å². The third-order valence-electron chi connectivity index (χ3n) is 6.67. The highest BCUT2D eigenvalue weighted by Crippen LogP contribution is 2.38. The van der Waals surface area contributed by atoms with Crippen LogP contribution in [0.15, 0.2) is 47.5 Å². The molecule has 214 valence electrons. The normalized spacial score (nSPS) is 16.8.